The number of likely N-dealkylation sites (N-methyl/N-ethyl adjacent to an activating group) is 2. The molecule has 2 atom stereocenters. The Bertz CT molecular complexity index is 666. The van der Waals surface area contributed by atoms with Crippen LogP contribution in [0.5, 0.6) is 0 Å². The Kier molecular flexibility index (Phi) is 7.28. The minimum Gasteiger partial charge on any atom is -0.381 e. The third kappa shape index (κ3) is 8.02. The summed E-state index contributed by atoms with van der Waals surface area (Å²) in [4.78, 5) is 0. The van der Waals surface area contributed by atoms with E-state index in [0.717, 1.165) is 20.1 Å². The Balaban J connectivity index is 1.96. The summed E-state index contributed by atoms with van der Waals surface area (Å²) in [6.45, 7) is 2.62. The number of aliphatic hydroxyl groups excluding tert-OH is 2. The van der Waals surface area contributed by atoms with Crippen LogP contribution in [0.2, 0.25) is 0 Å². The Labute approximate surface area is 169 Å². The monoisotopic (exact) mass is 390 g/mol. The highest BCUT2D eigenvalue weighted by Crippen LogP contribution is 2.15. The lowest BCUT2D eigenvalue weighted by molar-refractivity contribution is -0.877. The molecule has 6 nitrogen and oxygen atoms in total. The van der Waals surface area contributed by atoms with E-state index in [1.165, 1.54) is 0 Å². The molecule has 0 saturated carbocycles. The molecular weight excluding hydrogens is 352 g/mol. The largest absolute Gasteiger partial charge is 0.381 e. The molecule has 2 rings (SSSR count). The fourth-order valence-electron chi connectivity index (χ4n) is 3.41. The quantitative estimate of drug-likeness (QED) is 0.470. The van der Waals surface area contributed by atoms with E-state index in [9.17, 15) is 10.2 Å². The van der Waals surface area contributed by atoms with Crippen molar-refractivity contribution in [1.29, 1.82) is 0 Å². The summed E-state index contributed by atoms with van der Waals surface area (Å²) in [6, 6.07) is 8.29. The molecule has 2 aromatic heterocycles. The van der Waals surface area contributed by atoms with Crippen LogP contribution in [0.1, 0.15) is 0 Å². The average molecular weight is 391 g/mol. The van der Waals surface area contributed by atoms with Crippen molar-refractivity contribution in [2.24, 2.45) is 0 Å². The first-order valence-electron chi connectivity index (χ1n) is 9.87. The smallest absolute Gasteiger partial charge is 0.179 e. The van der Waals surface area contributed by atoms with Gasteiger partial charge in [0.2, 0.25) is 0 Å². The number of aliphatic hydroxyl groups is 2. The van der Waals surface area contributed by atoms with Gasteiger partial charge in [0, 0.05) is 24.3 Å². The van der Waals surface area contributed by atoms with E-state index in [4.69, 9.17) is 0 Å². The molecule has 28 heavy (non-hydrogen) atoms. The second kappa shape index (κ2) is 9.09. The molecule has 0 amide bonds. The van der Waals surface area contributed by atoms with Crippen molar-refractivity contribution in [3.8, 4) is 11.1 Å². The summed E-state index contributed by atoms with van der Waals surface area (Å²) in [6.07, 6.45) is 7.32. The van der Waals surface area contributed by atoms with Gasteiger partial charge in [-0.3, -0.25) is 0 Å². The van der Waals surface area contributed by atoms with E-state index in [2.05, 4.69) is 66.6 Å². The lowest BCUT2D eigenvalue weighted by Crippen LogP contribution is -2.48. The van der Waals surface area contributed by atoms with Crippen LogP contribution in [0.15, 0.2) is 49.1 Å². The summed E-state index contributed by atoms with van der Waals surface area (Å²) < 4.78 is 5.53. The van der Waals surface area contributed by atoms with Crippen LogP contribution in [0, 0.1) is 0 Å². The first-order chi connectivity index (χ1) is 12.9. The van der Waals surface area contributed by atoms with Gasteiger partial charge in [0.15, 0.2) is 50.1 Å². The molecule has 2 heterocycles. The van der Waals surface area contributed by atoms with E-state index in [1.807, 2.05) is 33.9 Å². The highest BCUT2D eigenvalue weighted by molar-refractivity contribution is 5.60. The van der Waals surface area contributed by atoms with Crippen molar-refractivity contribution in [2.45, 2.75) is 25.3 Å². The molecule has 2 unspecified atom stereocenters. The second-order valence-corrected chi connectivity index (χ2v) is 9.82. The van der Waals surface area contributed by atoms with Crippen LogP contribution in [-0.4, -0.2) is 86.8 Å². The van der Waals surface area contributed by atoms with E-state index < -0.39 is 0 Å². The topological polar surface area (TPSA) is 48.2 Å². The third-order valence-corrected chi connectivity index (χ3v) is 4.48. The average Bonchev–Trinajstić information content (AvgIpc) is 2.52. The van der Waals surface area contributed by atoms with Crippen LogP contribution in [0.4, 0.5) is 0 Å². The number of aromatic nitrogens is 2. The van der Waals surface area contributed by atoms with Crippen molar-refractivity contribution in [1.82, 2.24) is 0 Å². The van der Waals surface area contributed by atoms with Gasteiger partial charge in [0.25, 0.3) is 0 Å². The maximum absolute atomic E-state index is 10.2. The van der Waals surface area contributed by atoms with E-state index in [1.54, 1.807) is 0 Å². The number of hydrogen-bond acceptors (Lipinski definition) is 2. The van der Waals surface area contributed by atoms with Gasteiger partial charge in [-0.1, -0.05) is 0 Å². The zero-order valence-corrected chi connectivity index (χ0v) is 18.3. The van der Waals surface area contributed by atoms with Crippen LogP contribution >= 0.6 is 0 Å². The minimum absolute atomic E-state index is 0.371. The summed E-state index contributed by atoms with van der Waals surface area (Å²) in [5, 5.41) is 20.5. The minimum atomic E-state index is -0.371. The molecule has 2 aromatic rings. The Morgan fingerprint density at radius 1 is 0.643 bits per heavy atom. The molecule has 0 aliphatic rings. The molecule has 0 aromatic carbocycles. The van der Waals surface area contributed by atoms with E-state index in [0.29, 0.717) is 26.2 Å². The highest BCUT2D eigenvalue weighted by Gasteiger charge is 2.20. The molecule has 0 aliphatic carbocycles. The molecule has 0 spiro atoms. The molecule has 0 saturated heterocycles. The summed E-state index contributed by atoms with van der Waals surface area (Å²) in [5.41, 5.74) is 2.27. The lowest BCUT2D eigenvalue weighted by Gasteiger charge is -2.25. The molecule has 0 fully saturated rings. The van der Waals surface area contributed by atoms with Crippen LogP contribution in [0.3, 0.4) is 0 Å². The van der Waals surface area contributed by atoms with Crippen molar-refractivity contribution < 1.29 is 28.3 Å². The van der Waals surface area contributed by atoms with Gasteiger partial charge in [0.1, 0.15) is 13.1 Å². The Morgan fingerprint density at radius 2 is 0.929 bits per heavy atom. The maximum Gasteiger partial charge on any atom is 0.179 e. The predicted molar refractivity (Wildman–Crippen MR) is 110 cm³/mol. The molecular formula is C22H38N4O2+4. The fourth-order valence-corrected chi connectivity index (χ4v) is 3.41. The first kappa shape index (κ1) is 22.4. The Morgan fingerprint density at radius 3 is 1.18 bits per heavy atom. The summed E-state index contributed by atoms with van der Waals surface area (Å²) >= 11 is 0. The Hall–Kier alpha value is -1.86. The number of quaternary nitrogens is 2. The van der Waals surface area contributed by atoms with Crippen LogP contribution in [0.25, 0.3) is 11.1 Å². The van der Waals surface area contributed by atoms with Gasteiger partial charge in [-0.05, 0) is 11.1 Å². The first-order valence-corrected chi connectivity index (χ1v) is 9.87. The number of rotatable bonds is 9. The van der Waals surface area contributed by atoms with Gasteiger partial charge in [-0.25, -0.2) is 9.13 Å². The molecule has 6 heteroatoms. The van der Waals surface area contributed by atoms with Gasteiger partial charge < -0.3 is 19.2 Å². The SMILES string of the molecule is C[N+](C)(C)CC(O)C[n+]1ccc(-c2cc[n+](CC(O)C[N+](C)(C)C)cc2)cc1. The zero-order valence-electron chi connectivity index (χ0n) is 18.3. The van der Waals surface area contributed by atoms with Crippen LogP contribution < -0.4 is 9.13 Å². The van der Waals surface area contributed by atoms with Gasteiger partial charge >= 0.3 is 0 Å². The summed E-state index contributed by atoms with van der Waals surface area (Å²) in [7, 11) is 12.5. The maximum atomic E-state index is 10.2. The number of nitrogens with zero attached hydrogens (tertiary/aromatic N) is 4. The fraction of sp³-hybridized carbons (Fsp3) is 0.545. The molecule has 0 aliphatic heterocycles. The van der Waals surface area contributed by atoms with Gasteiger partial charge in [-0.2, -0.15) is 0 Å². The van der Waals surface area contributed by atoms with Gasteiger partial charge in [-0.15, -0.1) is 0 Å². The van der Waals surface area contributed by atoms with E-state index >= 15 is 0 Å². The summed E-state index contributed by atoms with van der Waals surface area (Å²) in [5.74, 6) is 0. The van der Waals surface area contributed by atoms with Crippen molar-refractivity contribution in [3.05, 3.63) is 49.1 Å². The molecule has 0 radical (unpaired) electrons. The second-order valence-electron chi connectivity index (χ2n) is 9.82. The van der Waals surface area contributed by atoms with Crippen molar-refractivity contribution in [2.75, 3.05) is 55.4 Å². The van der Waals surface area contributed by atoms with E-state index in [-0.39, 0.29) is 12.2 Å². The molecule has 154 valence electrons. The lowest BCUT2D eigenvalue weighted by atomic mass is 10.1. The normalized spacial score (nSPS) is 14.7. The van der Waals surface area contributed by atoms with Crippen LogP contribution in [-0.2, 0) is 13.1 Å². The van der Waals surface area contributed by atoms with Gasteiger partial charge in [0.05, 0.1) is 42.3 Å². The number of pyridine rings is 2. The predicted octanol–water partition coefficient (Wildman–Crippen LogP) is 0.0628. The standard InChI is InChI=1S/C22H38N4O2/c1-25(2,3)17-21(27)15-23-11-7-19(8-12-23)20-9-13-24(14-10-20)16-22(28)18-26(4,5)6/h7-14,21-22,27-28H,15-18H2,1-6H3/q+4. The molecule has 0 bridgehead atoms. The number of hydrogen-bond donors (Lipinski definition) is 2. The highest BCUT2D eigenvalue weighted by atomic mass is 16.3. The van der Waals surface area contributed by atoms with Crippen molar-refractivity contribution >= 4 is 0 Å². The zero-order chi connectivity index (χ0) is 20.9. The van der Waals surface area contributed by atoms with Crippen molar-refractivity contribution in [3.63, 3.8) is 0 Å². The molecule has 2 N–H and O–H groups in total. The third-order valence-electron chi connectivity index (χ3n) is 4.48.